The van der Waals surface area contributed by atoms with Crippen LogP contribution in [0, 0.1) is 17.8 Å². The lowest BCUT2D eigenvalue weighted by Crippen LogP contribution is -2.30. The van der Waals surface area contributed by atoms with Gasteiger partial charge < -0.3 is 5.32 Å². The largest absolute Gasteiger partial charge is 0.353 e. The zero-order valence-electron chi connectivity index (χ0n) is 16.5. The Labute approximate surface area is 164 Å². The molecule has 0 aromatic heterocycles. The van der Waals surface area contributed by atoms with Crippen LogP contribution in [0.4, 0.5) is 0 Å². The number of fused-ring (bicyclic) bond motifs is 1. The molecule has 0 radical (unpaired) electrons. The minimum Gasteiger partial charge on any atom is -0.353 e. The number of carbonyl (C=O) groups is 2. The number of hydrogen-bond donors (Lipinski definition) is 1. The standard InChI is InChI=1S/C22H37NO2S/c1-2-3-4-5-6-9-15-23-21(24)14-16-26-22(25)20-13-12-18-10-7-8-11-19(18)17-20/h14,16,18-20H,2-13,15,17H2,1H3,(H,23,24)/b16-14-. The Morgan fingerprint density at radius 1 is 0.962 bits per heavy atom. The van der Waals surface area contributed by atoms with Crippen molar-refractivity contribution < 1.29 is 9.59 Å². The average Bonchev–Trinajstić information content (AvgIpc) is 2.66. The van der Waals surface area contributed by atoms with Gasteiger partial charge in [0.05, 0.1) is 0 Å². The van der Waals surface area contributed by atoms with E-state index in [1.165, 1.54) is 82.0 Å². The van der Waals surface area contributed by atoms with Gasteiger partial charge in [0.25, 0.3) is 0 Å². The van der Waals surface area contributed by atoms with Gasteiger partial charge in [-0.3, -0.25) is 9.59 Å². The van der Waals surface area contributed by atoms with Crippen molar-refractivity contribution in [1.29, 1.82) is 0 Å². The van der Waals surface area contributed by atoms with Gasteiger partial charge in [0, 0.05) is 18.5 Å². The summed E-state index contributed by atoms with van der Waals surface area (Å²) in [5.41, 5.74) is 0. The summed E-state index contributed by atoms with van der Waals surface area (Å²) in [6.07, 6.45) is 17.6. The molecule has 0 aliphatic heterocycles. The van der Waals surface area contributed by atoms with E-state index in [0.29, 0.717) is 0 Å². The zero-order valence-corrected chi connectivity index (χ0v) is 17.3. The maximum Gasteiger partial charge on any atom is 0.244 e. The van der Waals surface area contributed by atoms with Crippen LogP contribution in [0.25, 0.3) is 0 Å². The van der Waals surface area contributed by atoms with Crippen molar-refractivity contribution in [1.82, 2.24) is 5.32 Å². The smallest absolute Gasteiger partial charge is 0.244 e. The third kappa shape index (κ3) is 7.85. The van der Waals surface area contributed by atoms with E-state index < -0.39 is 0 Å². The molecular weight excluding hydrogens is 342 g/mol. The van der Waals surface area contributed by atoms with Gasteiger partial charge in [0.1, 0.15) is 0 Å². The number of hydrogen-bond acceptors (Lipinski definition) is 3. The van der Waals surface area contributed by atoms with Gasteiger partial charge in [0.2, 0.25) is 5.91 Å². The number of carbonyl (C=O) groups excluding carboxylic acids is 2. The predicted molar refractivity (Wildman–Crippen MR) is 111 cm³/mol. The molecule has 0 aromatic rings. The van der Waals surface area contributed by atoms with Crippen LogP contribution in [0.2, 0.25) is 0 Å². The van der Waals surface area contributed by atoms with Gasteiger partial charge in [-0.15, -0.1) is 0 Å². The van der Waals surface area contributed by atoms with Crippen molar-refractivity contribution >= 4 is 22.8 Å². The monoisotopic (exact) mass is 379 g/mol. The van der Waals surface area contributed by atoms with E-state index in [-0.39, 0.29) is 16.9 Å². The Morgan fingerprint density at radius 3 is 2.50 bits per heavy atom. The van der Waals surface area contributed by atoms with Gasteiger partial charge in [-0.1, -0.05) is 76.5 Å². The molecule has 2 aliphatic rings. The van der Waals surface area contributed by atoms with E-state index in [1.54, 1.807) is 5.41 Å². The first kappa shape index (κ1) is 21.5. The molecule has 2 saturated carbocycles. The molecule has 0 heterocycles. The van der Waals surface area contributed by atoms with Gasteiger partial charge in [-0.25, -0.2) is 0 Å². The van der Waals surface area contributed by atoms with Crippen molar-refractivity contribution in [2.24, 2.45) is 17.8 Å². The van der Waals surface area contributed by atoms with Crippen molar-refractivity contribution in [2.45, 2.75) is 90.4 Å². The molecule has 2 aliphatic carbocycles. The maximum atomic E-state index is 12.4. The molecule has 2 fully saturated rings. The van der Waals surface area contributed by atoms with Crippen LogP contribution >= 0.6 is 11.8 Å². The van der Waals surface area contributed by atoms with Crippen LogP contribution in [0.5, 0.6) is 0 Å². The first-order valence-electron chi connectivity index (χ1n) is 10.9. The van der Waals surface area contributed by atoms with E-state index >= 15 is 0 Å². The van der Waals surface area contributed by atoms with E-state index in [1.807, 2.05) is 0 Å². The summed E-state index contributed by atoms with van der Waals surface area (Å²) < 4.78 is 0. The van der Waals surface area contributed by atoms with E-state index in [4.69, 9.17) is 0 Å². The SMILES string of the molecule is CCCCCCCCNC(=O)/C=C\SC(=O)C1CCC2CCCCC2C1. The second-order valence-electron chi connectivity index (χ2n) is 8.11. The lowest BCUT2D eigenvalue weighted by molar-refractivity contribution is -0.117. The molecular formula is C22H37NO2S. The summed E-state index contributed by atoms with van der Waals surface area (Å²) in [5.74, 6) is 1.78. The Kier molecular flexibility index (Phi) is 10.4. The fourth-order valence-electron chi connectivity index (χ4n) is 4.52. The number of rotatable bonds is 10. The minimum absolute atomic E-state index is 0.0742. The summed E-state index contributed by atoms with van der Waals surface area (Å²) in [6, 6.07) is 0. The highest BCUT2D eigenvalue weighted by atomic mass is 32.2. The van der Waals surface area contributed by atoms with Crippen LogP contribution in [-0.2, 0) is 9.59 Å². The third-order valence-electron chi connectivity index (χ3n) is 6.11. The normalized spacial score (nSPS) is 25.8. The minimum atomic E-state index is -0.0742. The first-order valence-corrected chi connectivity index (χ1v) is 11.7. The lowest BCUT2D eigenvalue weighted by Gasteiger charge is -2.38. The van der Waals surface area contributed by atoms with Crippen LogP contribution < -0.4 is 5.32 Å². The first-order chi connectivity index (χ1) is 12.7. The van der Waals surface area contributed by atoms with Crippen molar-refractivity contribution in [3.63, 3.8) is 0 Å². The molecule has 1 N–H and O–H groups in total. The predicted octanol–water partition coefficient (Wildman–Crippen LogP) is 5.84. The molecule has 148 valence electrons. The van der Waals surface area contributed by atoms with Gasteiger partial charge >= 0.3 is 0 Å². The second-order valence-corrected chi connectivity index (χ2v) is 9.02. The Bertz CT molecular complexity index is 463. The molecule has 3 atom stereocenters. The Morgan fingerprint density at radius 2 is 1.69 bits per heavy atom. The van der Waals surface area contributed by atoms with Gasteiger partial charge in [-0.2, -0.15) is 0 Å². The number of amides is 1. The zero-order chi connectivity index (χ0) is 18.6. The van der Waals surface area contributed by atoms with E-state index in [0.717, 1.165) is 37.6 Å². The summed E-state index contributed by atoms with van der Waals surface area (Å²) in [4.78, 5) is 24.2. The molecule has 0 spiro atoms. The fourth-order valence-corrected chi connectivity index (χ4v) is 5.25. The molecule has 2 rings (SSSR count). The molecule has 4 heteroatoms. The second kappa shape index (κ2) is 12.6. The molecule has 3 nitrogen and oxygen atoms in total. The van der Waals surface area contributed by atoms with E-state index in [9.17, 15) is 9.59 Å². The van der Waals surface area contributed by atoms with Gasteiger partial charge in [0.15, 0.2) is 5.12 Å². The maximum absolute atomic E-state index is 12.4. The highest BCUT2D eigenvalue weighted by molar-refractivity contribution is 8.16. The average molecular weight is 380 g/mol. The van der Waals surface area contributed by atoms with Crippen molar-refractivity contribution in [3.8, 4) is 0 Å². The van der Waals surface area contributed by atoms with Crippen molar-refractivity contribution in [2.75, 3.05) is 6.54 Å². The highest BCUT2D eigenvalue weighted by Gasteiger charge is 2.34. The van der Waals surface area contributed by atoms with Gasteiger partial charge in [-0.05, 0) is 42.9 Å². The quantitative estimate of drug-likeness (QED) is 0.383. The summed E-state index contributed by atoms with van der Waals surface area (Å²) in [6.45, 7) is 2.95. The molecule has 0 aromatic carbocycles. The molecule has 26 heavy (non-hydrogen) atoms. The highest BCUT2D eigenvalue weighted by Crippen LogP contribution is 2.43. The van der Waals surface area contributed by atoms with E-state index in [2.05, 4.69) is 12.2 Å². The Hall–Kier alpha value is -0.770. The molecule has 0 bridgehead atoms. The lowest BCUT2D eigenvalue weighted by atomic mass is 9.68. The molecule has 3 unspecified atom stereocenters. The third-order valence-corrected chi connectivity index (χ3v) is 6.94. The number of unbranched alkanes of at least 4 members (excludes halogenated alkanes) is 5. The number of thioether (sulfide) groups is 1. The van der Waals surface area contributed by atoms with Crippen molar-refractivity contribution in [3.05, 3.63) is 11.5 Å². The molecule has 0 saturated heterocycles. The van der Waals surface area contributed by atoms with Crippen LogP contribution in [-0.4, -0.2) is 17.6 Å². The van der Waals surface area contributed by atoms with Crippen LogP contribution in [0.1, 0.15) is 90.4 Å². The summed E-state index contributed by atoms with van der Waals surface area (Å²) in [5, 5.41) is 4.86. The molecule has 1 amide bonds. The fraction of sp³-hybridized carbons (Fsp3) is 0.818. The topological polar surface area (TPSA) is 46.2 Å². The Balaban J connectivity index is 1.55. The van der Waals surface area contributed by atoms with Crippen LogP contribution in [0.15, 0.2) is 11.5 Å². The number of nitrogens with one attached hydrogen (secondary N) is 1. The van der Waals surface area contributed by atoms with Crippen LogP contribution in [0.3, 0.4) is 0 Å². The summed E-state index contributed by atoms with van der Waals surface area (Å²) in [7, 11) is 0. The summed E-state index contributed by atoms with van der Waals surface area (Å²) >= 11 is 1.22.